The van der Waals surface area contributed by atoms with Crippen LogP contribution in [0.15, 0.2) is 17.1 Å². The smallest absolute Gasteiger partial charge is 0.0648 e. The van der Waals surface area contributed by atoms with Crippen molar-refractivity contribution in [3.05, 3.63) is 34.4 Å². The molecule has 1 aliphatic carbocycles. The van der Waals surface area contributed by atoms with Gasteiger partial charge >= 0.3 is 0 Å². The number of nitrogens with zero attached hydrogens (tertiary/aromatic N) is 1. The fourth-order valence-electron chi connectivity index (χ4n) is 3.63. The molecule has 17 heavy (non-hydrogen) atoms. The van der Waals surface area contributed by atoms with Gasteiger partial charge in [0, 0.05) is 12.1 Å². The van der Waals surface area contributed by atoms with Gasteiger partial charge in [0.1, 0.15) is 0 Å². The zero-order valence-electron chi connectivity index (χ0n) is 11.1. The number of fused-ring (bicyclic) bond motifs is 3. The van der Waals surface area contributed by atoms with Crippen LogP contribution in [0.4, 0.5) is 0 Å². The summed E-state index contributed by atoms with van der Waals surface area (Å²) in [6.07, 6.45) is 7.40. The van der Waals surface area contributed by atoms with Crippen LogP contribution in [0.25, 0.3) is 0 Å². The van der Waals surface area contributed by atoms with Crippen molar-refractivity contribution < 1.29 is 0 Å². The van der Waals surface area contributed by atoms with Gasteiger partial charge in [-0.15, -0.1) is 0 Å². The summed E-state index contributed by atoms with van der Waals surface area (Å²) >= 11 is 0. The molecule has 0 saturated heterocycles. The monoisotopic (exact) mass is 227 g/mol. The van der Waals surface area contributed by atoms with E-state index in [2.05, 4.69) is 39.1 Å². The van der Waals surface area contributed by atoms with Crippen molar-refractivity contribution in [2.45, 2.75) is 57.9 Å². The Morgan fingerprint density at radius 3 is 2.76 bits per heavy atom. The molecule has 0 spiro atoms. The Labute approximate surface area is 104 Å². The Morgan fingerprint density at radius 2 is 1.94 bits per heavy atom. The summed E-state index contributed by atoms with van der Waals surface area (Å²) in [7, 11) is 0. The van der Waals surface area contributed by atoms with E-state index < -0.39 is 0 Å². The molecule has 1 heteroatoms. The first-order valence-corrected chi connectivity index (χ1v) is 6.77. The van der Waals surface area contributed by atoms with Crippen LogP contribution in [0, 0.1) is 13.8 Å². The third-order valence-electron chi connectivity index (χ3n) is 4.74. The molecule has 90 valence electrons. The lowest BCUT2D eigenvalue weighted by molar-refractivity contribution is 0.273. The van der Waals surface area contributed by atoms with Gasteiger partial charge < -0.3 is 0 Å². The second kappa shape index (κ2) is 3.69. The molecule has 0 bridgehead atoms. The molecule has 2 atom stereocenters. The van der Waals surface area contributed by atoms with E-state index in [1.54, 1.807) is 5.56 Å². The second-order valence-corrected chi connectivity index (χ2v) is 5.94. The van der Waals surface area contributed by atoms with Gasteiger partial charge in [0.2, 0.25) is 0 Å². The fraction of sp³-hybridized carbons (Fsp3) is 0.562. The summed E-state index contributed by atoms with van der Waals surface area (Å²) in [6.45, 7) is 6.81. The topological polar surface area (TPSA) is 12.4 Å². The normalized spacial score (nSPS) is 30.9. The van der Waals surface area contributed by atoms with E-state index in [9.17, 15) is 0 Å². The molecule has 0 N–H and O–H groups in total. The molecule has 3 rings (SSSR count). The van der Waals surface area contributed by atoms with Crippen LogP contribution < -0.4 is 0 Å². The first-order chi connectivity index (χ1) is 8.12. The van der Waals surface area contributed by atoms with Crippen molar-refractivity contribution in [1.29, 1.82) is 0 Å². The van der Waals surface area contributed by atoms with E-state index >= 15 is 0 Å². The Hall–Kier alpha value is -1.11. The highest BCUT2D eigenvalue weighted by molar-refractivity contribution is 5.86. The average molecular weight is 227 g/mol. The maximum absolute atomic E-state index is 4.90. The highest BCUT2D eigenvalue weighted by Gasteiger charge is 2.40. The first-order valence-electron chi connectivity index (χ1n) is 6.77. The summed E-state index contributed by atoms with van der Waals surface area (Å²) in [5.41, 5.74) is 5.98. The lowest BCUT2D eigenvalue weighted by Gasteiger charge is -2.42. The zero-order valence-corrected chi connectivity index (χ0v) is 11.1. The number of aryl methyl sites for hydroxylation is 2. The third kappa shape index (κ3) is 1.55. The van der Waals surface area contributed by atoms with Gasteiger partial charge in [-0.25, -0.2) is 0 Å². The van der Waals surface area contributed by atoms with Crippen LogP contribution in [0.3, 0.4) is 0 Å². The van der Waals surface area contributed by atoms with Gasteiger partial charge in [-0.2, -0.15) is 0 Å². The molecule has 2 unspecified atom stereocenters. The lowest BCUT2D eigenvalue weighted by Crippen LogP contribution is -2.37. The largest absolute Gasteiger partial charge is 0.286 e. The Morgan fingerprint density at radius 1 is 1.18 bits per heavy atom. The van der Waals surface area contributed by atoms with Gasteiger partial charge in [-0.1, -0.05) is 25.0 Å². The third-order valence-corrected chi connectivity index (χ3v) is 4.74. The van der Waals surface area contributed by atoms with Crippen molar-refractivity contribution in [2.24, 2.45) is 4.99 Å². The van der Waals surface area contributed by atoms with Crippen molar-refractivity contribution in [2.75, 3.05) is 0 Å². The van der Waals surface area contributed by atoms with E-state index in [1.807, 2.05) is 0 Å². The van der Waals surface area contributed by atoms with Crippen LogP contribution >= 0.6 is 0 Å². The molecule has 1 saturated carbocycles. The molecule has 1 aromatic carbocycles. The fourth-order valence-corrected chi connectivity index (χ4v) is 3.63. The van der Waals surface area contributed by atoms with Gasteiger partial charge in [-0.05, 0) is 55.9 Å². The Bertz CT molecular complexity index is 487. The highest BCUT2D eigenvalue weighted by Crippen LogP contribution is 2.47. The second-order valence-electron chi connectivity index (χ2n) is 5.94. The maximum atomic E-state index is 4.90. The number of rotatable bonds is 0. The van der Waals surface area contributed by atoms with Crippen molar-refractivity contribution in [3.63, 3.8) is 0 Å². The molecular weight excluding hydrogens is 206 g/mol. The summed E-state index contributed by atoms with van der Waals surface area (Å²) in [5.74, 6) is 0.649. The minimum Gasteiger partial charge on any atom is -0.286 e. The molecular formula is C16H21N. The molecule has 1 aromatic rings. The van der Waals surface area contributed by atoms with E-state index in [0.717, 1.165) is 0 Å². The molecule has 1 aliphatic heterocycles. The van der Waals surface area contributed by atoms with Crippen LogP contribution in [0.1, 0.15) is 60.8 Å². The molecule has 2 aliphatic rings. The standard InChI is InChI=1S/C16H21N/c1-11-7-8-12(2)15-13(11)10-17-16(3)9-5-4-6-14(15)16/h7-8,10,14H,4-6,9H2,1-3H3. The number of hydrogen-bond acceptors (Lipinski definition) is 1. The summed E-state index contributed by atoms with van der Waals surface area (Å²) < 4.78 is 0. The Kier molecular flexibility index (Phi) is 2.39. The molecule has 1 fully saturated rings. The molecule has 1 heterocycles. The van der Waals surface area contributed by atoms with Gasteiger partial charge in [0.15, 0.2) is 0 Å². The van der Waals surface area contributed by atoms with Crippen molar-refractivity contribution in [1.82, 2.24) is 0 Å². The first kappa shape index (κ1) is 11.0. The predicted octanol–water partition coefficient (Wildman–Crippen LogP) is 4.15. The number of aliphatic imine (C=N–C) groups is 1. The van der Waals surface area contributed by atoms with Crippen LogP contribution in [-0.2, 0) is 0 Å². The van der Waals surface area contributed by atoms with Crippen molar-refractivity contribution >= 4 is 6.21 Å². The number of benzene rings is 1. The summed E-state index contributed by atoms with van der Waals surface area (Å²) in [5, 5.41) is 0. The molecule has 0 amide bonds. The van der Waals surface area contributed by atoms with Crippen LogP contribution in [0.2, 0.25) is 0 Å². The number of hydrogen-bond donors (Lipinski definition) is 0. The maximum Gasteiger partial charge on any atom is 0.0648 e. The predicted molar refractivity (Wildman–Crippen MR) is 73.1 cm³/mol. The molecule has 0 aromatic heterocycles. The minimum atomic E-state index is 0.170. The van der Waals surface area contributed by atoms with Gasteiger partial charge in [0.25, 0.3) is 0 Å². The van der Waals surface area contributed by atoms with Gasteiger partial charge in [-0.3, -0.25) is 4.99 Å². The average Bonchev–Trinajstić information content (AvgIpc) is 2.32. The van der Waals surface area contributed by atoms with E-state index in [4.69, 9.17) is 4.99 Å². The molecule has 1 nitrogen and oxygen atoms in total. The van der Waals surface area contributed by atoms with E-state index in [-0.39, 0.29) is 5.54 Å². The lowest BCUT2D eigenvalue weighted by atomic mass is 9.67. The van der Waals surface area contributed by atoms with E-state index in [0.29, 0.717) is 5.92 Å². The SMILES string of the molecule is Cc1ccc(C)c2c1C=NC1(C)CCCCC21. The minimum absolute atomic E-state index is 0.170. The Balaban J connectivity index is 2.20. The quantitative estimate of drug-likeness (QED) is 0.631. The van der Waals surface area contributed by atoms with Gasteiger partial charge in [0.05, 0.1) is 5.54 Å². The zero-order chi connectivity index (χ0) is 12.0. The highest BCUT2D eigenvalue weighted by atomic mass is 14.9. The molecule has 0 radical (unpaired) electrons. The summed E-state index contributed by atoms with van der Waals surface area (Å²) in [6, 6.07) is 4.51. The van der Waals surface area contributed by atoms with Crippen LogP contribution in [0.5, 0.6) is 0 Å². The van der Waals surface area contributed by atoms with E-state index in [1.165, 1.54) is 42.4 Å². The summed E-state index contributed by atoms with van der Waals surface area (Å²) in [4.78, 5) is 4.90. The van der Waals surface area contributed by atoms with Crippen molar-refractivity contribution in [3.8, 4) is 0 Å². The van der Waals surface area contributed by atoms with Crippen LogP contribution in [-0.4, -0.2) is 11.8 Å².